The lowest BCUT2D eigenvalue weighted by molar-refractivity contribution is 0.0599. The highest BCUT2D eigenvalue weighted by atomic mass is 32.2. The number of aromatic nitrogens is 4. The minimum atomic E-state index is -0.448. The summed E-state index contributed by atoms with van der Waals surface area (Å²) in [5.41, 5.74) is 2.08. The quantitative estimate of drug-likeness (QED) is 0.446. The van der Waals surface area contributed by atoms with Crippen LogP contribution in [0.5, 0.6) is 0 Å². The van der Waals surface area contributed by atoms with Crippen LogP contribution in [0.3, 0.4) is 0 Å². The van der Waals surface area contributed by atoms with Crippen LogP contribution in [-0.2, 0) is 16.5 Å². The van der Waals surface area contributed by atoms with Gasteiger partial charge in [0.05, 0.1) is 37.3 Å². The van der Waals surface area contributed by atoms with Gasteiger partial charge in [-0.1, -0.05) is 11.8 Å². The van der Waals surface area contributed by atoms with Gasteiger partial charge in [0.1, 0.15) is 0 Å². The molecule has 1 saturated heterocycles. The standard InChI is InChI=1S/C17H23N5O4S/c1-10-13(15(24)25-4)11(2)18-14(10)12(23)9-27-17-20-19-16(21(17)3)22-5-7-26-8-6-22/h18H,5-9H2,1-4H3. The first-order chi connectivity index (χ1) is 12.9. The molecule has 146 valence electrons. The smallest absolute Gasteiger partial charge is 0.339 e. The number of Topliss-reactive ketones (excluding diaryl/α,β-unsaturated/α-hetero) is 1. The molecule has 2 aromatic heterocycles. The van der Waals surface area contributed by atoms with Crippen molar-refractivity contribution in [2.24, 2.45) is 7.05 Å². The molecule has 1 aliphatic rings. The molecule has 0 unspecified atom stereocenters. The molecule has 0 radical (unpaired) electrons. The first-order valence-electron chi connectivity index (χ1n) is 8.59. The molecule has 2 aromatic rings. The number of aryl methyl sites for hydroxylation is 1. The minimum Gasteiger partial charge on any atom is -0.465 e. The van der Waals surface area contributed by atoms with Crippen LogP contribution >= 0.6 is 11.8 Å². The highest BCUT2D eigenvalue weighted by molar-refractivity contribution is 7.99. The molecule has 0 aliphatic carbocycles. The van der Waals surface area contributed by atoms with Crippen molar-refractivity contribution in [3.05, 3.63) is 22.5 Å². The van der Waals surface area contributed by atoms with Crippen LogP contribution in [0.2, 0.25) is 0 Å². The van der Waals surface area contributed by atoms with E-state index in [0.29, 0.717) is 40.9 Å². The Morgan fingerprint density at radius 3 is 2.63 bits per heavy atom. The SMILES string of the molecule is COC(=O)c1c(C)[nH]c(C(=O)CSc2nnc(N3CCOCC3)n2C)c1C. The molecule has 1 aliphatic heterocycles. The second-order valence-electron chi connectivity index (χ2n) is 6.27. The van der Waals surface area contributed by atoms with Gasteiger partial charge in [-0.2, -0.15) is 0 Å². The van der Waals surface area contributed by atoms with E-state index in [9.17, 15) is 9.59 Å². The van der Waals surface area contributed by atoms with Gasteiger partial charge in [-0.25, -0.2) is 4.79 Å². The van der Waals surface area contributed by atoms with Gasteiger partial charge < -0.3 is 19.4 Å². The Labute approximate surface area is 161 Å². The number of methoxy groups -OCH3 is 1. The van der Waals surface area contributed by atoms with E-state index in [1.807, 2.05) is 11.6 Å². The number of esters is 1. The third-order valence-corrected chi connectivity index (χ3v) is 5.56. The second kappa shape index (κ2) is 8.13. The summed E-state index contributed by atoms with van der Waals surface area (Å²) in [6.45, 7) is 6.37. The molecular formula is C17H23N5O4S. The largest absolute Gasteiger partial charge is 0.465 e. The summed E-state index contributed by atoms with van der Waals surface area (Å²) in [5.74, 6) is 0.410. The number of carbonyl (C=O) groups is 2. The molecule has 1 N–H and O–H groups in total. The molecule has 0 aromatic carbocycles. The van der Waals surface area contributed by atoms with Crippen LogP contribution in [0.1, 0.15) is 32.1 Å². The number of nitrogens with zero attached hydrogens (tertiary/aromatic N) is 4. The van der Waals surface area contributed by atoms with E-state index < -0.39 is 5.97 Å². The zero-order chi connectivity index (χ0) is 19.6. The number of thioether (sulfide) groups is 1. The van der Waals surface area contributed by atoms with Crippen LogP contribution < -0.4 is 4.90 Å². The number of nitrogens with one attached hydrogen (secondary N) is 1. The number of ether oxygens (including phenoxy) is 2. The Hall–Kier alpha value is -2.33. The number of anilines is 1. The molecule has 3 heterocycles. The Morgan fingerprint density at radius 2 is 1.96 bits per heavy atom. The number of morpholine rings is 1. The topological polar surface area (TPSA) is 102 Å². The van der Waals surface area contributed by atoms with E-state index in [-0.39, 0.29) is 11.5 Å². The summed E-state index contributed by atoms with van der Waals surface area (Å²) in [4.78, 5) is 29.6. The Balaban J connectivity index is 1.70. The molecule has 0 saturated carbocycles. The summed E-state index contributed by atoms with van der Waals surface area (Å²) >= 11 is 1.32. The zero-order valence-electron chi connectivity index (χ0n) is 15.9. The van der Waals surface area contributed by atoms with Crippen molar-refractivity contribution in [3.8, 4) is 0 Å². The molecule has 10 heteroatoms. The van der Waals surface area contributed by atoms with E-state index in [2.05, 4.69) is 20.1 Å². The number of ketones is 1. The van der Waals surface area contributed by atoms with Gasteiger partial charge in [0.15, 0.2) is 10.9 Å². The normalized spacial score (nSPS) is 14.4. The molecule has 0 bridgehead atoms. The molecule has 3 rings (SSSR count). The fraction of sp³-hybridized carbons (Fsp3) is 0.529. The average molecular weight is 393 g/mol. The molecule has 1 fully saturated rings. The van der Waals surface area contributed by atoms with Gasteiger partial charge in [0, 0.05) is 25.8 Å². The molecule has 0 atom stereocenters. The molecule has 9 nitrogen and oxygen atoms in total. The van der Waals surface area contributed by atoms with E-state index in [1.165, 1.54) is 18.9 Å². The second-order valence-corrected chi connectivity index (χ2v) is 7.21. The summed E-state index contributed by atoms with van der Waals surface area (Å²) in [7, 11) is 3.21. The van der Waals surface area contributed by atoms with Gasteiger partial charge >= 0.3 is 5.97 Å². The summed E-state index contributed by atoms with van der Waals surface area (Å²) in [6, 6.07) is 0. The van der Waals surface area contributed by atoms with Crippen molar-refractivity contribution in [3.63, 3.8) is 0 Å². The average Bonchev–Trinajstić information content (AvgIpc) is 3.19. The van der Waals surface area contributed by atoms with Crippen molar-refractivity contribution in [1.82, 2.24) is 19.7 Å². The Morgan fingerprint density at radius 1 is 1.26 bits per heavy atom. The maximum atomic E-state index is 12.6. The lowest BCUT2D eigenvalue weighted by Crippen LogP contribution is -2.37. The first-order valence-corrected chi connectivity index (χ1v) is 9.58. The van der Waals surface area contributed by atoms with Gasteiger partial charge in [-0.05, 0) is 19.4 Å². The number of hydrogen-bond acceptors (Lipinski definition) is 8. The molecule has 0 spiro atoms. The van der Waals surface area contributed by atoms with Crippen molar-refractivity contribution in [1.29, 1.82) is 0 Å². The maximum absolute atomic E-state index is 12.6. The summed E-state index contributed by atoms with van der Waals surface area (Å²) in [6.07, 6.45) is 0. The molecule has 0 amide bonds. The van der Waals surface area contributed by atoms with Crippen LogP contribution in [0.25, 0.3) is 0 Å². The lowest BCUT2D eigenvalue weighted by Gasteiger charge is -2.27. The van der Waals surface area contributed by atoms with Gasteiger partial charge in [-0.15, -0.1) is 10.2 Å². The number of carbonyl (C=O) groups excluding carboxylic acids is 2. The Bertz CT molecular complexity index is 854. The highest BCUT2D eigenvalue weighted by Crippen LogP contribution is 2.24. The van der Waals surface area contributed by atoms with Gasteiger partial charge in [0.2, 0.25) is 5.95 Å². The van der Waals surface area contributed by atoms with Crippen LogP contribution in [0.4, 0.5) is 5.95 Å². The third kappa shape index (κ3) is 3.86. The van der Waals surface area contributed by atoms with E-state index in [1.54, 1.807) is 13.8 Å². The first kappa shape index (κ1) is 19.4. The number of rotatable bonds is 6. The molecule has 27 heavy (non-hydrogen) atoms. The lowest BCUT2D eigenvalue weighted by atomic mass is 10.1. The fourth-order valence-corrected chi connectivity index (χ4v) is 3.89. The number of H-pyrrole nitrogens is 1. The van der Waals surface area contributed by atoms with E-state index in [4.69, 9.17) is 9.47 Å². The minimum absolute atomic E-state index is 0.105. The highest BCUT2D eigenvalue weighted by Gasteiger charge is 2.24. The van der Waals surface area contributed by atoms with Crippen molar-refractivity contribution in [2.45, 2.75) is 19.0 Å². The summed E-state index contributed by atoms with van der Waals surface area (Å²) < 4.78 is 12.0. The number of aromatic amines is 1. The molecular weight excluding hydrogens is 370 g/mol. The van der Waals surface area contributed by atoms with Crippen molar-refractivity contribution < 1.29 is 19.1 Å². The van der Waals surface area contributed by atoms with Crippen molar-refractivity contribution in [2.75, 3.05) is 44.1 Å². The van der Waals surface area contributed by atoms with Crippen LogP contribution in [-0.4, -0.2) is 70.7 Å². The van der Waals surface area contributed by atoms with E-state index >= 15 is 0 Å². The maximum Gasteiger partial charge on any atom is 0.339 e. The predicted molar refractivity (Wildman–Crippen MR) is 101 cm³/mol. The van der Waals surface area contributed by atoms with E-state index in [0.717, 1.165) is 19.0 Å². The van der Waals surface area contributed by atoms with Crippen LogP contribution in [0, 0.1) is 13.8 Å². The van der Waals surface area contributed by atoms with Gasteiger partial charge in [-0.3, -0.25) is 9.36 Å². The van der Waals surface area contributed by atoms with Gasteiger partial charge in [0.25, 0.3) is 0 Å². The number of hydrogen-bond donors (Lipinski definition) is 1. The third-order valence-electron chi connectivity index (χ3n) is 4.54. The van der Waals surface area contributed by atoms with Crippen LogP contribution in [0.15, 0.2) is 5.16 Å². The fourth-order valence-electron chi connectivity index (χ4n) is 3.11. The monoisotopic (exact) mass is 393 g/mol. The summed E-state index contributed by atoms with van der Waals surface area (Å²) in [5, 5.41) is 9.11. The van der Waals surface area contributed by atoms with Crippen molar-refractivity contribution >= 4 is 29.5 Å². The predicted octanol–water partition coefficient (Wildman–Crippen LogP) is 1.36. The Kier molecular flexibility index (Phi) is 5.85. The zero-order valence-corrected chi connectivity index (χ0v) is 16.7.